The molecule has 0 N–H and O–H groups in total. The second-order valence-corrected chi connectivity index (χ2v) is 5.94. The second-order valence-electron chi connectivity index (χ2n) is 4.16. The highest BCUT2D eigenvalue weighted by atomic mass is 79.9. The Morgan fingerprint density at radius 2 is 2.06 bits per heavy atom. The molecule has 0 amide bonds. The minimum atomic E-state index is 0.321. The van der Waals surface area contributed by atoms with Crippen LogP contribution < -0.4 is 0 Å². The molecular weight excluding hydrogens is 308 g/mol. The highest BCUT2D eigenvalue weighted by molar-refractivity contribution is 9.10. The largest absolute Gasteiger partial charge is 0.256 e. The topological polar surface area (TPSA) is 25.8 Å². The highest BCUT2D eigenvalue weighted by Gasteiger charge is 2.12. The van der Waals surface area contributed by atoms with E-state index in [0.29, 0.717) is 5.92 Å². The van der Waals surface area contributed by atoms with Gasteiger partial charge in [-0.05, 0) is 23.8 Å². The first kappa shape index (κ1) is 11.8. The van der Waals surface area contributed by atoms with Crippen LogP contribution in [0.25, 0.3) is 10.9 Å². The minimum Gasteiger partial charge on any atom is -0.256 e. The molecule has 1 unspecified atom stereocenters. The molecule has 18 heavy (non-hydrogen) atoms. The van der Waals surface area contributed by atoms with Gasteiger partial charge in [0, 0.05) is 33.6 Å². The zero-order chi connectivity index (χ0) is 12.5. The van der Waals surface area contributed by atoms with Gasteiger partial charge >= 0.3 is 0 Å². The van der Waals surface area contributed by atoms with E-state index in [2.05, 4.69) is 51.0 Å². The van der Waals surface area contributed by atoms with Gasteiger partial charge in [-0.1, -0.05) is 28.9 Å². The quantitative estimate of drug-likeness (QED) is 0.689. The van der Waals surface area contributed by atoms with Crippen molar-refractivity contribution < 1.29 is 0 Å². The number of nitrogens with zero attached hydrogens (tertiary/aromatic N) is 2. The minimum absolute atomic E-state index is 0.321. The van der Waals surface area contributed by atoms with Crippen molar-refractivity contribution >= 4 is 38.2 Å². The Morgan fingerprint density at radius 1 is 1.17 bits per heavy atom. The molecule has 2 nitrogen and oxygen atoms in total. The third-order valence-electron chi connectivity index (χ3n) is 3.03. The van der Waals surface area contributed by atoms with E-state index in [1.54, 1.807) is 11.3 Å². The van der Waals surface area contributed by atoms with Crippen LogP contribution in [0, 0.1) is 0 Å². The van der Waals surface area contributed by atoms with Crippen molar-refractivity contribution in [1.82, 2.24) is 9.97 Å². The molecule has 0 aliphatic carbocycles. The normalized spacial score (nSPS) is 12.8. The Kier molecular flexibility index (Phi) is 3.14. The summed E-state index contributed by atoms with van der Waals surface area (Å²) in [6.45, 7) is 2.18. The molecule has 0 saturated carbocycles. The molecule has 0 spiro atoms. The van der Waals surface area contributed by atoms with Crippen molar-refractivity contribution in [1.29, 1.82) is 0 Å². The molecule has 0 aliphatic rings. The summed E-state index contributed by atoms with van der Waals surface area (Å²) in [6.07, 6.45) is 3.67. The summed E-state index contributed by atoms with van der Waals surface area (Å²) < 4.78 is 1.08. The van der Waals surface area contributed by atoms with Gasteiger partial charge in [-0.2, -0.15) is 0 Å². The van der Waals surface area contributed by atoms with Crippen LogP contribution in [0.5, 0.6) is 0 Å². The van der Waals surface area contributed by atoms with Crippen LogP contribution in [0.2, 0.25) is 0 Å². The van der Waals surface area contributed by atoms with Gasteiger partial charge in [-0.15, -0.1) is 11.3 Å². The zero-order valence-corrected chi connectivity index (χ0v) is 12.2. The van der Waals surface area contributed by atoms with E-state index >= 15 is 0 Å². The Hall–Kier alpha value is -1.26. The fourth-order valence-electron chi connectivity index (χ4n) is 1.99. The van der Waals surface area contributed by atoms with E-state index in [4.69, 9.17) is 0 Å². The highest BCUT2D eigenvalue weighted by Crippen LogP contribution is 2.30. The van der Waals surface area contributed by atoms with Crippen molar-refractivity contribution in [3.05, 3.63) is 57.1 Å². The lowest BCUT2D eigenvalue weighted by molar-refractivity contribution is 0.906. The fourth-order valence-corrected chi connectivity index (χ4v) is 3.15. The molecule has 3 rings (SSSR count). The Labute approximate surface area is 118 Å². The van der Waals surface area contributed by atoms with Crippen molar-refractivity contribution in [2.75, 3.05) is 0 Å². The molecule has 1 atom stereocenters. The number of hydrogen-bond donors (Lipinski definition) is 0. The molecule has 1 aromatic carbocycles. The Morgan fingerprint density at radius 3 is 2.83 bits per heavy atom. The molecule has 2 aromatic heterocycles. The molecule has 0 bridgehead atoms. The molecule has 2 heterocycles. The van der Waals surface area contributed by atoms with Gasteiger partial charge in [-0.3, -0.25) is 4.98 Å². The van der Waals surface area contributed by atoms with Gasteiger partial charge in [0.1, 0.15) is 0 Å². The molecule has 3 aromatic rings. The van der Waals surface area contributed by atoms with E-state index in [1.807, 2.05) is 23.8 Å². The van der Waals surface area contributed by atoms with Crippen LogP contribution in [0.15, 0.2) is 46.5 Å². The van der Waals surface area contributed by atoms with E-state index < -0.39 is 0 Å². The van der Waals surface area contributed by atoms with Crippen LogP contribution in [-0.2, 0) is 0 Å². The Balaban J connectivity index is 2.11. The number of aromatic nitrogens is 2. The molecule has 0 fully saturated rings. The maximum Gasteiger partial charge on any atom is 0.0997 e. The number of rotatable bonds is 2. The van der Waals surface area contributed by atoms with Gasteiger partial charge in [0.2, 0.25) is 0 Å². The average Bonchev–Trinajstić information content (AvgIpc) is 2.92. The first-order valence-corrected chi connectivity index (χ1v) is 7.36. The molecule has 0 saturated heterocycles. The number of benzene rings is 1. The van der Waals surface area contributed by atoms with Gasteiger partial charge in [-0.25, -0.2) is 4.98 Å². The number of halogens is 1. The van der Waals surface area contributed by atoms with Gasteiger partial charge in [0.05, 0.1) is 10.5 Å². The predicted octanol–water partition coefficient (Wildman–Crippen LogP) is 4.61. The lowest BCUT2D eigenvalue weighted by Gasteiger charge is -2.10. The first-order valence-electron chi connectivity index (χ1n) is 5.69. The maximum absolute atomic E-state index is 4.39. The van der Waals surface area contributed by atoms with Crippen LogP contribution in [0.4, 0.5) is 0 Å². The van der Waals surface area contributed by atoms with Crippen LogP contribution in [-0.4, -0.2) is 9.97 Å². The van der Waals surface area contributed by atoms with E-state index in [1.165, 1.54) is 5.56 Å². The fraction of sp³-hybridized carbons (Fsp3) is 0.143. The SMILES string of the molecule is CC(c1ccc2nccc(Br)c2c1)c1nccs1. The molecular formula is C14H11BrN2S. The van der Waals surface area contributed by atoms with E-state index in [0.717, 1.165) is 20.4 Å². The summed E-state index contributed by atoms with van der Waals surface area (Å²) >= 11 is 5.27. The Bertz CT molecular complexity index is 679. The van der Waals surface area contributed by atoms with Crippen LogP contribution in [0.3, 0.4) is 0 Å². The number of hydrogen-bond acceptors (Lipinski definition) is 3. The molecule has 0 radical (unpaired) electrons. The van der Waals surface area contributed by atoms with Crippen LogP contribution in [0.1, 0.15) is 23.4 Å². The lowest BCUT2D eigenvalue weighted by Crippen LogP contribution is -1.95. The summed E-state index contributed by atoms with van der Waals surface area (Å²) in [5, 5.41) is 4.32. The summed E-state index contributed by atoms with van der Waals surface area (Å²) in [5.41, 5.74) is 2.28. The smallest absolute Gasteiger partial charge is 0.0997 e. The van der Waals surface area contributed by atoms with Gasteiger partial charge in [0.25, 0.3) is 0 Å². The summed E-state index contributed by atoms with van der Waals surface area (Å²) in [4.78, 5) is 8.75. The van der Waals surface area contributed by atoms with E-state index in [-0.39, 0.29) is 0 Å². The van der Waals surface area contributed by atoms with Gasteiger partial charge in [0.15, 0.2) is 0 Å². The van der Waals surface area contributed by atoms with Crippen LogP contribution >= 0.6 is 27.3 Å². The van der Waals surface area contributed by atoms with E-state index in [9.17, 15) is 0 Å². The monoisotopic (exact) mass is 318 g/mol. The lowest BCUT2D eigenvalue weighted by atomic mass is 10.00. The summed E-state index contributed by atoms with van der Waals surface area (Å²) in [7, 11) is 0. The summed E-state index contributed by atoms with van der Waals surface area (Å²) in [5.74, 6) is 0.321. The second kappa shape index (κ2) is 4.78. The number of fused-ring (bicyclic) bond motifs is 1. The average molecular weight is 319 g/mol. The molecule has 90 valence electrons. The summed E-state index contributed by atoms with van der Waals surface area (Å²) in [6, 6.07) is 8.37. The first-order chi connectivity index (χ1) is 8.75. The molecule has 4 heteroatoms. The van der Waals surface area contributed by atoms with Gasteiger partial charge < -0.3 is 0 Å². The zero-order valence-electron chi connectivity index (χ0n) is 9.80. The third kappa shape index (κ3) is 2.06. The third-order valence-corrected chi connectivity index (χ3v) is 4.68. The molecule has 0 aliphatic heterocycles. The maximum atomic E-state index is 4.39. The van der Waals surface area contributed by atoms with Crippen molar-refractivity contribution in [3.63, 3.8) is 0 Å². The number of thiazole rings is 1. The predicted molar refractivity (Wildman–Crippen MR) is 79.1 cm³/mol. The van der Waals surface area contributed by atoms with Crippen molar-refractivity contribution in [2.45, 2.75) is 12.8 Å². The van der Waals surface area contributed by atoms with Crippen molar-refractivity contribution in [3.8, 4) is 0 Å². The van der Waals surface area contributed by atoms with Crippen molar-refractivity contribution in [2.24, 2.45) is 0 Å². The number of pyridine rings is 1. The standard InChI is InChI=1S/C14H11BrN2S/c1-9(14-17-6-7-18-14)10-2-3-13-11(8-10)12(15)4-5-16-13/h2-9H,1H3.